The molecule has 0 atom stereocenters. The number of methoxy groups -OCH3 is 1. The molecule has 0 saturated carbocycles. The molecular formula is C18H18Cl2FN3O3. The molecule has 0 saturated heterocycles. The molecule has 0 bridgehead atoms. The van der Waals surface area contributed by atoms with Crippen LogP contribution in [-0.2, 0) is 4.79 Å². The number of nitrogens with one attached hydrogen (secondary N) is 2. The third-order valence-electron chi connectivity index (χ3n) is 3.56. The molecule has 0 aliphatic carbocycles. The van der Waals surface area contributed by atoms with Gasteiger partial charge in [-0.2, -0.15) is 0 Å². The number of ether oxygens (including phenoxy) is 1. The first-order valence-electron chi connectivity index (χ1n) is 7.94. The quantitative estimate of drug-likeness (QED) is 0.678. The van der Waals surface area contributed by atoms with Crippen LogP contribution in [0.5, 0.6) is 5.75 Å². The van der Waals surface area contributed by atoms with Crippen molar-refractivity contribution in [2.75, 3.05) is 30.4 Å². The number of rotatable bonds is 7. The van der Waals surface area contributed by atoms with Gasteiger partial charge in [-0.15, -0.1) is 0 Å². The predicted molar refractivity (Wildman–Crippen MR) is 104 cm³/mol. The first-order valence-corrected chi connectivity index (χ1v) is 8.82. The summed E-state index contributed by atoms with van der Waals surface area (Å²) in [5, 5.41) is 5.25. The normalized spacial score (nSPS) is 10.4. The summed E-state index contributed by atoms with van der Waals surface area (Å²) in [6, 6.07) is 11.8. The fraction of sp³-hybridized carbons (Fsp3) is 0.222. The van der Waals surface area contributed by atoms with Crippen LogP contribution in [0.25, 0.3) is 0 Å². The zero-order valence-electron chi connectivity index (χ0n) is 14.4. The maximum Gasteiger partial charge on any atom is 0.326 e. The van der Waals surface area contributed by atoms with Crippen molar-refractivity contribution in [1.82, 2.24) is 5.32 Å². The van der Waals surface area contributed by atoms with Gasteiger partial charge in [0.15, 0.2) is 4.84 Å². The molecule has 3 amide bonds. The molecule has 0 radical (unpaired) electrons. The molecule has 6 nitrogen and oxygen atoms in total. The summed E-state index contributed by atoms with van der Waals surface area (Å²) in [4.78, 5) is 24.3. The molecule has 2 aromatic carbocycles. The SMILES string of the molecule is COc1ccc(NC(=O)N(CCNC(=O)C(Cl)Cl)c2ccc(F)cc2)cc1. The van der Waals surface area contributed by atoms with Crippen LogP contribution < -0.4 is 20.3 Å². The molecule has 0 aliphatic rings. The summed E-state index contributed by atoms with van der Waals surface area (Å²) in [5.74, 6) is -0.328. The van der Waals surface area contributed by atoms with Gasteiger partial charge < -0.3 is 15.4 Å². The van der Waals surface area contributed by atoms with Crippen molar-refractivity contribution in [2.45, 2.75) is 4.84 Å². The second-order valence-corrected chi connectivity index (χ2v) is 6.47. The van der Waals surface area contributed by atoms with E-state index in [-0.39, 0.29) is 13.1 Å². The number of urea groups is 1. The lowest BCUT2D eigenvalue weighted by Crippen LogP contribution is -2.42. The summed E-state index contributed by atoms with van der Waals surface area (Å²) in [7, 11) is 1.55. The summed E-state index contributed by atoms with van der Waals surface area (Å²) >= 11 is 11.0. The van der Waals surface area contributed by atoms with E-state index in [0.717, 1.165) is 0 Å². The van der Waals surface area contributed by atoms with Crippen molar-refractivity contribution in [1.29, 1.82) is 0 Å². The number of benzene rings is 2. The molecule has 2 aromatic rings. The Morgan fingerprint density at radius 2 is 1.74 bits per heavy atom. The number of amides is 3. The number of carbonyl (C=O) groups excluding carboxylic acids is 2. The Kier molecular flexibility index (Phi) is 7.69. The van der Waals surface area contributed by atoms with Gasteiger partial charge in [0.05, 0.1) is 7.11 Å². The van der Waals surface area contributed by atoms with Gasteiger partial charge in [0.1, 0.15) is 11.6 Å². The van der Waals surface area contributed by atoms with E-state index in [0.29, 0.717) is 17.1 Å². The second-order valence-electron chi connectivity index (χ2n) is 5.38. The van der Waals surface area contributed by atoms with E-state index in [1.807, 2.05) is 0 Å². The molecule has 0 heterocycles. The minimum atomic E-state index is -1.20. The zero-order valence-corrected chi connectivity index (χ0v) is 15.9. The summed E-state index contributed by atoms with van der Waals surface area (Å²) in [6.07, 6.45) is 0. The Bertz CT molecular complexity index is 770. The third-order valence-corrected chi connectivity index (χ3v) is 3.95. The smallest absolute Gasteiger partial charge is 0.326 e. The standard InChI is InChI=1S/C18H18Cl2FN3O3/c1-27-15-8-4-13(5-9-15)23-18(26)24(11-10-22-17(25)16(19)20)14-6-2-12(21)3-7-14/h2-9,16H,10-11H2,1H3,(H,22,25)(H,23,26). The van der Waals surface area contributed by atoms with E-state index < -0.39 is 22.6 Å². The van der Waals surface area contributed by atoms with Gasteiger partial charge in [0.25, 0.3) is 5.91 Å². The number of hydrogen-bond acceptors (Lipinski definition) is 3. The van der Waals surface area contributed by atoms with Gasteiger partial charge in [-0.3, -0.25) is 9.69 Å². The third kappa shape index (κ3) is 6.30. The Morgan fingerprint density at radius 1 is 1.11 bits per heavy atom. The van der Waals surface area contributed by atoms with Crippen LogP contribution in [0.1, 0.15) is 0 Å². The van der Waals surface area contributed by atoms with Crippen LogP contribution in [0.2, 0.25) is 0 Å². The highest BCUT2D eigenvalue weighted by atomic mass is 35.5. The van der Waals surface area contributed by atoms with Crippen molar-refractivity contribution >= 4 is 46.5 Å². The van der Waals surface area contributed by atoms with Gasteiger partial charge in [-0.05, 0) is 48.5 Å². The summed E-state index contributed by atoms with van der Waals surface area (Å²) in [5.41, 5.74) is 1.02. The molecular weight excluding hydrogens is 396 g/mol. The number of hydrogen-bond donors (Lipinski definition) is 2. The van der Waals surface area contributed by atoms with E-state index in [9.17, 15) is 14.0 Å². The molecule has 2 N–H and O–H groups in total. The molecule has 0 aromatic heterocycles. The van der Waals surface area contributed by atoms with Crippen molar-refractivity contribution in [3.05, 3.63) is 54.3 Å². The minimum Gasteiger partial charge on any atom is -0.497 e. The second kappa shape index (κ2) is 9.99. The van der Waals surface area contributed by atoms with Gasteiger partial charge in [0, 0.05) is 24.5 Å². The highest BCUT2D eigenvalue weighted by Gasteiger charge is 2.17. The van der Waals surface area contributed by atoms with Crippen molar-refractivity contribution in [2.24, 2.45) is 0 Å². The molecule has 0 fully saturated rings. The average molecular weight is 414 g/mol. The molecule has 9 heteroatoms. The maximum absolute atomic E-state index is 13.2. The van der Waals surface area contributed by atoms with Crippen LogP contribution in [0.15, 0.2) is 48.5 Å². The van der Waals surface area contributed by atoms with Gasteiger partial charge in [-0.1, -0.05) is 23.2 Å². The van der Waals surface area contributed by atoms with Crippen LogP contribution in [0, 0.1) is 5.82 Å². The maximum atomic E-state index is 13.2. The fourth-order valence-electron chi connectivity index (χ4n) is 2.20. The minimum absolute atomic E-state index is 0.113. The van der Waals surface area contributed by atoms with Crippen molar-refractivity contribution in [3.63, 3.8) is 0 Å². The first-order chi connectivity index (χ1) is 12.9. The van der Waals surface area contributed by atoms with E-state index >= 15 is 0 Å². The molecule has 0 aliphatic heterocycles. The summed E-state index contributed by atoms with van der Waals surface area (Å²) in [6.45, 7) is 0.238. The molecule has 0 spiro atoms. The van der Waals surface area contributed by atoms with E-state index in [1.165, 1.54) is 29.2 Å². The van der Waals surface area contributed by atoms with Crippen LogP contribution >= 0.6 is 23.2 Å². The lowest BCUT2D eigenvalue weighted by Gasteiger charge is -2.23. The molecule has 27 heavy (non-hydrogen) atoms. The van der Waals surface area contributed by atoms with Gasteiger partial charge >= 0.3 is 6.03 Å². The Balaban J connectivity index is 2.10. The number of halogens is 3. The fourth-order valence-corrected chi connectivity index (χ4v) is 2.36. The lowest BCUT2D eigenvalue weighted by atomic mass is 10.2. The predicted octanol–water partition coefficient (Wildman–Crippen LogP) is 3.79. The largest absolute Gasteiger partial charge is 0.497 e. The van der Waals surface area contributed by atoms with Gasteiger partial charge in [-0.25, -0.2) is 9.18 Å². The Labute approximate surface area is 166 Å². The van der Waals surface area contributed by atoms with E-state index in [2.05, 4.69) is 10.6 Å². The lowest BCUT2D eigenvalue weighted by molar-refractivity contribution is -0.119. The van der Waals surface area contributed by atoms with Crippen LogP contribution in [-0.4, -0.2) is 37.0 Å². The van der Waals surface area contributed by atoms with Gasteiger partial charge in [0.2, 0.25) is 0 Å². The average Bonchev–Trinajstić information content (AvgIpc) is 2.66. The number of anilines is 2. The Morgan fingerprint density at radius 3 is 2.30 bits per heavy atom. The number of carbonyl (C=O) groups is 2. The number of alkyl halides is 2. The van der Waals surface area contributed by atoms with Crippen LogP contribution in [0.4, 0.5) is 20.6 Å². The number of nitrogens with zero attached hydrogens (tertiary/aromatic N) is 1. The highest BCUT2D eigenvalue weighted by Crippen LogP contribution is 2.19. The molecule has 144 valence electrons. The van der Waals surface area contributed by atoms with Crippen LogP contribution in [0.3, 0.4) is 0 Å². The van der Waals surface area contributed by atoms with Crippen molar-refractivity contribution in [3.8, 4) is 5.75 Å². The Hall–Kier alpha value is -2.51. The van der Waals surface area contributed by atoms with E-state index in [4.69, 9.17) is 27.9 Å². The first kappa shape index (κ1) is 20.8. The highest BCUT2D eigenvalue weighted by molar-refractivity contribution is 6.53. The molecule has 2 rings (SSSR count). The van der Waals surface area contributed by atoms with Crippen molar-refractivity contribution < 1.29 is 18.7 Å². The van der Waals surface area contributed by atoms with E-state index in [1.54, 1.807) is 31.4 Å². The summed E-state index contributed by atoms with van der Waals surface area (Å²) < 4.78 is 18.3. The molecule has 0 unspecified atom stereocenters. The zero-order chi connectivity index (χ0) is 19.8. The monoisotopic (exact) mass is 413 g/mol. The topological polar surface area (TPSA) is 70.7 Å².